The minimum Gasteiger partial charge on any atom is -0.277 e. The summed E-state index contributed by atoms with van der Waals surface area (Å²) >= 11 is 13.0. The molecule has 0 spiro atoms. The zero-order valence-electron chi connectivity index (χ0n) is 14.3. The van der Waals surface area contributed by atoms with Crippen molar-refractivity contribution in [3.63, 3.8) is 0 Å². The summed E-state index contributed by atoms with van der Waals surface area (Å²) in [6.45, 7) is 1.83. The van der Waals surface area contributed by atoms with Gasteiger partial charge in [0.2, 0.25) is 0 Å². The van der Waals surface area contributed by atoms with Crippen LogP contribution in [0.4, 0.5) is 11.4 Å². The van der Waals surface area contributed by atoms with Crippen LogP contribution in [-0.4, -0.2) is 16.8 Å². The first-order valence-electron chi connectivity index (χ1n) is 7.73. The molecule has 3 rings (SSSR count). The molecule has 0 bridgehead atoms. The maximum atomic E-state index is 12.7. The Hall–Kier alpha value is -1.78. The highest BCUT2D eigenvalue weighted by molar-refractivity contribution is 7.94. The van der Waals surface area contributed by atoms with E-state index in [2.05, 4.69) is 9.44 Å². The summed E-state index contributed by atoms with van der Waals surface area (Å²) in [5.74, 6) is 0. The minimum absolute atomic E-state index is 0.0243. The number of aryl methyl sites for hydroxylation is 1. The van der Waals surface area contributed by atoms with Gasteiger partial charge in [0.05, 0.1) is 26.3 Å². The Labute approximate surface area is 177 Å². The number of thiophene rings is 1. The van der Waals surface area contributed by atoms with Crippen LogP contribution in [0.3, 0.4) is 0 Å². The van der Waals surface area contributed by atoms with Crippen LogP contribution in [0.5, 0.6) is 0 Å². The molecule has 2 aromatic carbocycles. The molecule has 1 heterocycles. The molecule has 0 aliphatic carbocycles. The van der Waals surface area contributed by atoms with E-state index in [4.69, 9.17) is 23.2 Å². The number of rotatable bonds is 6. The Morgan fingerprint density at radius 3 is 1.86 bits per heavy atom. The molecular weight excluding hydrogens is 463 g/mol. The van der Waals surface area contributed by atoms with Gasteiger partial charge in [-0.25, -0.2) is 16.8 Å². The minimum atomic E-state index is -3.98. The van der Waals surface area contributed by atoms with E-state index in [0.717, 1.165) is 16.9 Å². The van der Waals surface area contributed by atoms with E-state index in [1.807, 2.05) is 6.92 Å². The Bertz CT molecular complexity index is 1210. The third kappa shape index (κ3) is 4.61. The quantitative estimate of drug-likeness (QED) is 0.525. The first kappa shape index (κ1) is 20.9. The third-order valence-corrected chi connectivity index (χ3v) is 8.51. The van der Waals surface area contributed by atoms with Crippen molar-refractivity contribution in [1.82, 2.24) is 0 Å². The fourth-order valence-electron chi connectivity index (χ4n) is 2.25. The predicted octanol–water partition coefficient (Wildman–Crippen LogP) is 4.96. The van der Waals surface area contributed by atoms with Crippen molar-refractivity contribution in [3.05, 3.63) is 69.5 Å². The largest absolute Gasteiger partial charge is 0.277 e. The summed E-state index contributed by atoms with van der Waals surface area (Å²) in [6, 6.07) is 11.7. The van der Waals surface area contributed by atoms with Gasteiger partial charge in [0, 0.05) is 0 Å². The molecule has 11 heteroatoms. The number of hydrogen-bond donors (Lipinski definition) is 2. The summed E-state index contributed by atoms with van der Waals surface area (Å²) in [7, 11) is -7.89. The molecule has 0 aliphatic heterocycles. The number of nitrogens with one attached hydrogen (secondary N) is 2. The van der Waals surface area contributed by atoms with Crippen LogP contribution in [0.15, 0.2) is 63.0 Å². The van der Waals surface area contributed by atoms with Crippen LogP contribution in [0.2, 0.25) is 10.0 Å². The smallest absolute Gasteiger partial charge is 0.271 e. The maximum Gasteiger partial charge on any atom is 0.271 e. The molecule has 0 atom stereocenters. The van der Waals surface area contributed by atoms with Gasteiger partial charge in [-0.1, -0.05) is 47.0 Å². The zero-order chi connectivity index (χ0) is 20.5. The fraction of sp³-hybridized carbons (Fsp3) is 0.0588. The van der Waals surface area contributed by atoms with E-state index in [0.29, 0.717) is 0 Å². The van der Waals surface area contributed by atoms with E-state index >= 15 is 0 Å². The van der Waals surface area contributed by atoms with Crippen molar-refractivity contribution in [3.8, 4) is 0 Å². The van der Waals surface area contributed by atoms with E-state index in [9.17, 15) is 16.8 Å². The standard InChI is InChI=1S/C17H14Cl2N2O4S3/c1-11-4-6-12(7-5-11)27(22,23)20-15-9-13(18)14(19)10-16(15)21-28(24,25)17-3-2-8-26-17/h2-10,20-21H,1H3. The molecule has 2 N–H and O–H groups in total. The van der Waals surface area contributed by atoms with Gasteiger partial charge in [0.25, 0.3) is 20.0 Å². The second-order valence-electron chi connectivity index (χ2n) is 5.77. The van der Waals surface area contributed by atoms with E-state index in [1.165, 1.54) is 30.3 Å². The SMILES string of the molecule is Cc1ccc(S(=O)(=O)Nc2cc(Cl)c(Cl)cc2NS(=O)(=O)c2cccs2)cc1. The Balaban J connectivity index is 2.01. The van der Waals surface area contributed by atoms with Crippen LogP contribution in [0.25, 0.3) is 0 Å². The summed E-state index contributed by atoms with van der Waals surface area (Å²) in [4.78, 5) is 0.0243. The lowest BCUT2D eigenvalue weighted by molar-refractivity contribution is 0.599. The molecule has 148 valence electrons. The first-order valence-corrected chi connectivity index (χ1v) is 12.3. The summed E-state index contributed by atoms with van der Waals surface area (Å²) in [6.07, 6.45) is 0. The van der Waals surface area contributed by atoms with Gasteiger partial charge in [-0.2, -0.15) is 0 Å². The molecule has 0 fully saturated rings. The third-order valence-electron chi connectivity index (χ3n) is 3.64. The number of halogens is 2. The van der Waals surface area contributed by atoms with Crippen molar-refractivity contribution in [1.29, 1.82) is 0 Å². The highest BCUT2D eigenvalue weighted by atomic mass is 35.5. The molecule has 0 unspecified atom stereocenters. The molecule has 0 aliphatic rings. The van der Waals surface area contributed by atoms with Gasteiger partial charge in [-0.15, -0.1) is 11.3 Å². The van der Waals surface area contributed by atoms with Crippen LogP contribution in [-0.2, 0) is 20.0 Å². The summed E-state index contributed by atoms with van der Waals surface area (Å²) < 4.78 is 55.2. The lowest BCUT2D eigenvalue weighted by Crippen LogP contribution is -2.17. The Morgan fingerprint density at radius 2 is 1.36 bits per heavy atom. The van der Waals surface area contributed by atoms with E-state index in [-0.39, 0.29) is 30.5 Å². The molecule has 28 heavy (non-hydrogen) atoms. The summed E-state index contributed by atoms with van der Waals surface area (Å²) in [5, 5.41) is 1.76. The van der Waals surface area contributed by atoms with Gasteiger partial charge < -0.3 is 0 Å². The normalized spacial score (nSPS) is 12.0. The van der Waals surface area contributed by atoms with Crippen molar-refractivity contribution in [2.45, 2.75) is 16.0 Å². The van der Waals surface area contributed by atoms with E-state index < -0.39 is 20.0 Å². The van der Waals surface area contributed by atoms with E-state index in [1.54, 1.807) is 23.6 Å². The van der Waals surface area contributed by atoms with Gasteiger partial charge in [-0.3, -0.25) is 9.44 Å². The zero-order valence-corrected chi connectivity index (χ0v) is 18.3. The predicted molar refractivity (Wildman–Crippen MR) is 114 cm³/mol. The van der Waals surface area contributed by atoms with Crippen LogP contribution in [0, 0.1) is 6.92 Å². The fourth-order valence-corrected chi connectivity index (χ4v) is 5.71. The summed E-state index contributed by atoms with van der Waals surface area (Å²) in [5.41, 5.74) is 0.812. The number of anilines is 2. The Morgan fingerprint density at radius 1 is 0.821 bits per heavy atom. The molecular formula is C17H14Cl2N2O4S3. The monoisotopic (exact) mass is 476 g/mol. The number of sulfonamides is 2. The number of hydrogen-bond acceptors (Lipinski definition) is 5. The second-order valence-corrected chi connectivity index (χ2v) is 11.1. The van der Waals surface area contributed by atoms with Crippen molar-refractivity contribution in [2.75, 3.05) is 9.44 Å². The molecule has 0 radical (unpaired) electrons. The lowest BCUT2D eigenvalue weighted by Gasteiger charge is -2.15. The molecule has 3 aromatic rings. The molecule has 1 aromatic heterocycles. The topological polar surface area (TPSA) is 92.3 Å². The average molecular weight is 477 g/mol. The van der Waals surface area contributed by atoms with Crippen LogP contribution < -0.4 is 9.44 Å². The van der Waals surface area contributed by atoms with Crippen LogP contribution >= 0.6 is 34.5 Å². The molecule has 0 amide bonds. The maximum absolute atomic E-state index is 12.7. The second kappa shape index (κ2) is 7.92. The van der Waals surface area contributed by atoms with Gasteiger partial charge in [0.1, 0.15) is 4.21 Å². The van der Waals surface area contributed by atoms with Gasteiger partial charge in [-0.05, 0) is 42.6 Å². The first-order chi connectivity index (χ1) is 13.1. The molecule has 0 saturated heterocycles. The van der Waals surface area contributed by atoms with Crippen molar-refractivity contribution in [2.24, 2.45) is 0 Å². The van der Waals surface area contributed by atoms with Crippen molar-refractivity contribution >= 4 is 66.0 Å². The number of benzene rings is 2. The lowest BCUT2D eigenvalue weighted by atomic mass is 10.2. The van der Waals surface area contributed by atoms with Crippen LogP contribution in [0.1, 0.15) is 5.56 Å². The van der Waals surface area contributed by atoms with Crippen molar-refractivity contribution < 1.29 is 16.8 Å². The van der Waals surface area contributed by atoms with Gasteiger partial charge >= 0.3 is 0 Å². The Kier molecular flexibility index (Phi) is 5.92. The molecule has 6 nitrogen and oxygen atoms in total. The highest BCUT2D eigenvalue weighted by Gasteiger charge is 2.22. The highest BCUT2D eigenvalue weighted by Crippen LogP contribution is 2.35. The molecule has 0 saturated carbocycles. The van der Waals surface area contributed by atoms with Gasteiger partial charge in [0.15, 0.2) is 0 Å². The average Bonchev–Trinajstić information content (AvgIpc) is 3.15.